The molecule has 0 aliphatic heterocycles. The lowest BCUT2D eigenvalue weighted by Crippen LogP contribution is -2.05. The van der Waals surface area contributed by atoms with E-state index < -0.39 is 5.97 Å². The van der Waals surface area contributed by atoms with Crippen LogP contribution in [0.5, 0.6) is 0 Å². The number of aliphatic carboxylic acids is 1. The summed E-state index contributed by atoms with van der Waals surface area (Å²) in [6.07, 6.45) is 3.49. The van der Waals surface area contributed by atoms with Crippen molar-refractivity contribution in [3.63, 3.8) is 0 Å². The molecule has 0 aromatic heterocycles. The predicted octanol–water partition coefficient (Wildman–Crippen LogP) is 3.02. The van der Waals surface area contributed by atoms with Gasteiger partial charge in [0.05, 0.1) is 6.61 Å². The van der Waals surface area contributed by atoms with Crippen molar-refractivity contribution in [2.24, 2.45) is 0 Å². The molecule has 0 saturated heterocycles. The quantitative estimate of drug-likeness (QED) is 0.490. The highest BCUT2D eigenvalue weighted by atomic mass is 16.5. The van der Waals surface area contributed by atoms with Gasteiger partial charge in [0.15, 0.2) is 0 Å². The molecule has 0 bridgehead atoms. The molecule has 0 aliphatic carbocycles. The van der Waals surface area contributed by atoms with Crippen molar-refractivity contribution in [1.82, 2.24) is 0 Å². The van der Waals surface area contributed by atoms with Crippen molar-refractivity contribution >= 4 is 11.9 Å². The zero-order chi connectivity index (χ0) is 14.9. The molecule has 114 valence electrons. The molecule has 0 aliphatic rings. The molecule has 0 saturated carbocycles. The van der Waals surface area contributed by atoms with E-state index in [9.17, 15) is 9.59 Å². The van der Waals surface area contributed by atoms with Crippen LogP contribution < -0.4 is 0 Å². The molecule has 0 fully saturated rings. The van der Waals surface area contributed by atoms with E-state index in [0.29, 0.717) is 25.9 Å². The third-order valence-corrected chi connectivity index (χ3v) is 2.19. The van der Waals surface area contributed by atoms with E-state index in [0.717, 1.165) is 26.1 Å². The highest BCUT2D eigenvalue weighted by Gasteiger charge is 2.03. The maximum Gasteiger partial charge on any atom is 0.305 e. The summed E-state index contributed by atoms with van der Waals surface area (Å²) in [5.74, 6) is -1.03. The molecule has 0 radical (unpaired) electrons. The molecule has 0 aromatic rings. The number of carbonyl (C=O) groups is 2. The summed E-state index contributed by atoms with van der Waals surface area (Å²) in [4.78, 5) is 21.1. The Morgan fingerprint density at radius 3 is 1.95 bits per heavy atom. The molecule has 0 heterocycles. The smallest absolute Gasteiger partial charge is 0.305 e. The second-order valence-electron chi connectivity index (χ2n) is 3.96. The second kappa shape index (κ2) is 16.9. The van der Waals surface area contributed by atoms with Gasteiger partial charge in [0.25, 0.3) is 0 Å². The Bertz CT molecular complexity index is 214. The summed E-state index contributed by atoms with van der Waals surface area (Å²) in [7, 11) is 0. The minimum absolute atomic E-state index is 0.127. The predicted molar refractivity (Wildman–Crippen MR) is 74.1 cm³/mol. The van der Waals surface area contributed by atoms with Gasteiger partial charge in [-0.25, -0.2) is 0 Å². The molecule has 0 atom stereocenters. The van der Waals surface area contributed by atoms with Crippen molar-refractivity contribution < 1.29 is 24.2 Å². The minimum atomic E-state index is -0.815. The van der Waals surface area contributed by atoms with Crippen LogP contribution in [0.15, 0.2) is 0 Å². The Kier molecular flexibility index (Phi) is 18.0. The number of rotatable bonds is 10. The summed E-state index contributed by atoms with van der Waals surface area (Å²) in [6.45, 7) is 8.18. The van der Waals surface area contributed by atoms with Crippen LogP contribution >= 0.6 is 0 Å². The molecule has 0 aromatic carbocycles. The number of esters is 1. The van der Waals surface area contributed by atoms with E-state index in [2.05, 4.69) is 0 Å². The largest absolute Gasteiger partial charge is 0.481 e. The van der Waals surface area contributed by atoms with Crippen molar-refractivity contribution in [1.29, 1.82) is 0 Å². The average molecular weight is 276 g/mol. The summed E-state index contributed by atoms with van der Waals surface area (Å²) in [5, 5.41) is 8.34. The molecule has 0 unspecified atom stereocenters. The lowest BCUT2D eigenvalue weighted by Gasteiger charge is -2.02. The first-order valence-corrected chi connectivity index (χ1v) is 7.03. The van der Waals surface area contributed by atoms with Gasteiger partial charge in [0, 0.05) is 26.1 Å². The van der Waals surface area contributed by atoms with E-state index in [1.54, 1.807) is 0 Å². The van der Waals surface area contributed by atoms with Crippen LogP contribution in [0.4, 0.5) is 0 Å². The van der Waals surface area contributed by atoms with Gasteiger partial charge in [-0.05, 0) is 33.1 Å². The molecule has 1 N–H and O–H groups in total. The summed E-state index contributed by atoms with van der Waals surface area (Å²) < 4.78 is 9.74. The van der Waals surface area contributed by atoms with Crippen LogP contribution in [0, 0.1) is 0 Å². The molecule has 19 heavy (non-hydrogen) atoms. The lowest BCUT2D eigenvalue weighted by molar-refractivity contribution is -0.144. The highest BCUT2D eigenvalue weighted by Crippen LogP contribution is 2.01. The third-order valence-electron chi connectivity index (χ3n) is 2.19. The van der Waals surface area contributed by atoms with Crippen LogP contribution in [0.25, 0.3) is 0 Å². The molecular formula is C14H28O5. The van der Waals surface area contributed by atoms with Crippen LogP contribution in [-0.2, 0) is 19.1 Å². The molecule has 0 amide bonds. The van der Waals surface area contributed by atoms with Crippen LogP contribution in [0.1, 0.15) is 59.3 Å². The summed E-state index contributed by atoms with van der Waals surface area (Å²) in [5.41, 5.74) is 0. The Morgan fingerprint density at radius 2 is 1.53 bits per heavy atom. The normalized spacial score (nSPS) is 9.42. The Labute approximate surface area is 116 Å². The maximum absolute atomic E-state index is 11.0. The SMILES string of the molecule is CCCCOC(=O)CCCCC(=O)O.CCOCC. The summed E-state index contributed by atoms with van der Waals surface area (Å²) >= 11 is 0. The van der Waals surface area contributed by atoms with Crippen molar-refractivity contribution in [2.75, 3.05) is 19.8 Å². The lowest BCUT2D eigenvalue weighted by atomic mass is 10.2. The first kappa shape index (κ1) is 20.2. The van der Waals surface area contributed by atoms with Gasteiger partial charge in [-0.15, -0.1) is 0 Å². The van der Waals surface area contributed by atoms with Crippen molar-refractivity contribution in [2.45, 2.75) is 59.3 Å². The maximum atomic E-state index is 11.0. The molecule has 5 heteroatoms. The van der Waals surface area contributed by atoms with Crippen LogP contribution in [0.2, 0.25) is 0 Å². The fourth-order valence-corrected chi connectivity index (χ4v) is 1.15. The number of carbonyl (C=O) groups excluding carboxylic acids is 1. The van der Waals surface area contributed by atoms with E-state index in [-0.39, 0.29) is 12.4 Å². The number of ether oxygens (including phenoxy) is 2. The molecule has 0 rings (SSSR count). The van der Waals surface area contributed by atoms with Gasteiger partial charge < -0.3 is 14.6 Å². The summed E-state index contributed by atoms with van der Waals surface area (Å²) in [6, 6.07) is 0. The average Bonchev–Trinajstić information content (AvgIpc) is 2.36. The van der Waals surface area contributed by atoms with E-state index >= 15 is 0 Å². The zero-order valence-corrected chi connectivity index (χ0v) is 12.4. The number of carboxylic acids is 1. The number of unbranched alkanes of at least 4 members (excludes halogenated alkanes) is 2. The van der Waals surface area contributed by atoms with Crippen LogP contribution in [-0.4, -0.2) is 36.9 Å². The first-order chi connectivity index (χ1) is 9.08. The Hall–Kier alpha value is -1.10. The van der Waals surface area contributed by atoms with Gasteiger partial charge in [-0.1, -0.05) is 13.3 Å². The standard InChI is InChI=1S/C10H18O4.C4H10O/c1-2-3-8-14-10(13)7-5-4-6-9(11)12;1-3-5-4-2/h2-8H2,1H3,(H,11,12);3-4H2,1-2H3. The minimum Gasteiger partial charge on any atom is -0.481 e. The van der Waals surface area contributed by atoms with Crippen LogP contribution in [0.3, 0.4) is 0 Å². The number of carboxylic acid groups (broad SMARTS) is 1. The molecule has 5 nitrogen and oxygen atoms in total. The second-order valence-corrected chi connectivity index (χ2v) is 3.96. The van der Waals surface area contributed by atoms with Crippen molar-refractivity contribution in [3.05, 3.63) is 0 Å². The third kappa shape index (κ3) is 22.5. The fraction of sp³-hybridized carbons (Fsp3) is 0.857. The van der Waals surface area contributed by atoms with Crippen molar-refractivity contribution in [3.8, 4) is 0 Å². The van der Waals surface area contributed by atoms with Gasteiger partial charge in [0.2, 0.25) is 0 Å². The zero-order valence-electron chi connectivity index (χ0n) is 12.4. The monoisotopic (exact) mass is 276 g/mol. The van der Waals surface area contributed by atoms with Gasteiger partial charge in [-0.2, -0.15) is 0 Å². The highest BCUT2D eigenvalue weighted by molar-refractivity contribution is 5.69. The van der Waals surface area contributed by atoms with E-state index in [1.165, 1.54) is 0 Å². The van der Waals surface area contributed by atoms with Gasteiger partial charge >= 0.3 is 11.9 Å². The fourth-order valence-electron chi connectivity index (χ4n) is 1.15. The number of hydrogen-bond acceptors (Lipinski definition) is 4. The Balaban J connectivity index is 0. The molecule has 0 spiro atoms. The number of hydrogen-bond donors (Lipinski definition) is 1. The Morgan fingerprint density at radius 1 is 0.947 bits per heavy atom. The van der Waals surface area contributed by atoms with Gasteiger partial charge in [-0.3, -0.25) is 9.59 Å². The topological polar surface area (TPSA) is 72.8 Å². The first-order valence-electron chi connectivity index (χ1n) is 7.03. The van der Waals surface area contributed by atoms with Gasteiger partial charge in [0.1, 0.15) is 0 Å². The van der Waals surface area contributed by atoms with E-state index in [1.807, 2.05) is 20.8 Å². The van der Waals surface area contributed by atoms with E-state index in [4.69, 9.17) is 14.6 Å². The molecular weight excluding hydrogens is 248 g/mol.